The molecule has 0 unspecified atom stereocenters. The van der Waals surface area contributed by atoms with E-state index in [1.807, 2.05) is 18.2 Å². The Kier molecular flexibility index (Phi) is 9.90. The number of para-hydroxylation sites is 1. The van der Waals surface area contributed by atoms with Gasteiger partial charge in [-0.05, 0) is 62.5 Å². The number of hydrogen-bond acceptors (Lipinski definition) is 5. The molecule has 0 spiro atoms. The summed E-state index contributed by atoms with van der Waals surface area (Å²) in [5, 5.41) is 16.9. The van der Waals surface area contributed by atoms with E-state index in [1.165, 1.54) is 0 Å². The number of carbonyl (C=O) groups excluding carboxylic acids is 3. The monoisotopic (exact) mass is 457 g/mol. The standard InChI is InChI=1S/C25H35N3O5/c29-17-19(30)10-6-1-2-7-11-20-21(23-13-12-22(20)33-23)14-15-26-24(31)16-27-25(32)28-18-8-4-3-5-9-18/h2-5,7-9,20-23,29H,1,6,10-17H2,(H,26,31)(H2,27,28,32)/t20-,21+,22-,23+/m1/s1. The summed E-state index contributed by atoms with van der Waals surface area (Å²) in [5.74, 6) is 0.542. The van der Waals surface area contributed by atoms with Crippen molar-refractivity contribution in [3.8, 4) is 0 Å². The lowest BCUT2D eigenvalue weighted by Gasteiger charge is -2.27. The highest BCUT2D eigenvalue weighted by Crippen LogP contribution is 2.46. The number of ether oxygens (including phenoxy) is 1. The lowest BCUT2D eigenvalue weighted by molar-refractivity contribution is -0.122. The molecule has 3 amide bonds. The van der Waals surface area contributed by atoms with Gasteiger partial charge in [0.05, 0.1) is 18.8 Å². The molecule has 8 nitrogen and oxygen atoms in total. The fourth-order valence-corrected chi connectivity index (χ4v) is 4.76. The van der Waals surface area contributed by atoms with E-state index in [9.17, 15) is 14.4 Å². The van der Waals surface area contributed by atoms with Crippen LogP contribution in [0.25, 0.3) is 0 Å². The number of aliphatic hydroxyl groups is 1. The molecule has 2 saturated heterocycles. The number of benzene rings is 1. The molecule has 0 saturated carbocycles. The van der Waals surface area contributed by atoms with Crippen LogP contribution in [0.5, 0.6) is 0 Å². The van der Waals surface area contributed by atoms with Crippen molar-refractivity contribution in [3.63, 3.8) is 0 Å². The van der Waals surface area contributed by atoms with Gasteiger partial charge in [0.15, 0.2) is 5.78 Å². The predicted octanol–water partition coefficient (Wildman–Crippen LogP) is 2.79. The van der Waals surface area contributed by atoms with Crippen molar-refractivity contribution >= 4 is 23.4 Å². The predicted molar refractivity (Wildman–Crippen MR) is 126 cm³/mol. The average Bonchev–Trinajstić information content (AvgIpc) is 3.42. The zero-order chi connectivity index (χ0) is 23.5. The first-order chi connectivity index (χ1) is 16.1. The average molecular weight is 458 g/mol. The molecule has 0 aliphatic carbocycles. The number of fused-ring (bicyclic) bond motifs is 2. The Hall–Kier alpha value is -2.71. The van der Waals surface area contributed by atoms with Crippen LogP contribution in [0.4, 0.5) is 10.5 Å². The van der Waals surface area contributed by atoms with Crippen molar-refractivity contribution in [2.75, 3.05) is 25.0 Å². The summed E-state index contributed by atoms with van der Waals surface area (Å²) in [7, 11) is 0. The van der Waals surface area contributed by atoms with Crippen LogP contribution in [-0.2, 0) is 14.3 Å². The molecular formula is C25H35N3O5. The van der Waals surface area contributed by atoms with Crippen LogP contribution in [0.15, 0.2) is 42.5 Å². The van der Waals surface area contributed by atoms with Crippen LogP contribution in [-0.4, -0.2) is 54.7 Å². The molecule has 8 heteroatoms. The van der Waals surface area contributed by atoms with Crippen LogP contribution in [0.3, 0.4) is 0 Å². The zero-order valence-corrected chi connectivity index (χ0v) is 19.0. The van der Waals surface area contributed by atoms with Crippen molar-refractivity contribution in [1.29, 1.82) is 0 Å². The topological polar surface area (TPSA) is 117 Å². The van der Waals surface area contributed by atoms with Gasteiger partial charge in [-0.3, -0.25) is 9.59 Å². The number of unbranched alkanes of at least 4 members (excludes halogenated alkanes) is 1. The Bertz CT molecular complexity index is 814. The first-order valence-corrected chi connectivity index (χ1v) is 11.9. The first kappa shape index (κ1) is 24.9. The second-order valence-corrected chi connectivity index (χ2v) is 8.73. The minimum Gasteiger partial charge on any atom is -0.389 e. The zero-order valence-electron chi connectivity index (χ0n) is 19.0. The quantitative estimate of drug-likeness (QED) is 0.268. The van der Waals surface area contributed by atoms with E-state index in [0.29, 0.717) is 36.6 Å². The SMILES string of the molecule is O=C(CO)CCCC=CC[C@@H]1[C@H](CCNC(=O)CNC(=O)Nc2ccccc2)[C@@H]2CC[C@H]1O2. The van der Waals surface area contributed by atoms with Crippen LogP contribution in [0.2, 0.25) is 0 Å². The Morgan fingerprint density at radius 1 is 1.03 bits per heavy atom. The largest absolute Gasteiger partial charge is 0.389 e. The summed E-state index contributed by atoms with van der Waals surface area (Å²) in [5.41, 5.74) is 0.672. The molecule has 1 aromatic carbocycles. The first-order valence-electron chi connectivity index (χ1n) is 11.9. The number of amides is 3. The molecule has 2 aliphatic heterocycles. The van der Waals surface area contributed by atoms with Crippen LogP contribution < -0.4 is 16.0 Å². The highest BCUT2D eigenvalue weighted by Gasteiger charge is 2.47. The summed E-state index contributed by atoms with van der Waals surface area (Å²) in [6, 6.07) is 8.66. The Labute approximate surface area is 195 Å². The molecule has 0 aromatic heterocycles. The molecular weight excluding hydrogens is 422 g/mol. The molecule has 4 N–H and O–H groups in total. The number of aliphatic hydroxyl groups excluding tert-OH is 1. The van der Waals surface area contributed by atoms with Crippen LogP contribution in [0, 0.1) is 11.8 Å². The number of nitrogens with one attached hydrogen (secondary N) is 3. The van der Waals surface area contributed by atoms with E-state index in [2.05, 4.69) is 28.1 Å². The van der Waals surface area contributed by atoms with Gasteiger partial charge in [-0.15, -0.1) is 0 Å². The fraction of sp³-hybridized carbons (Fsp3) is 0.560. The third-order valence-corrected chi connectivity index (χ3v) is 6.41. The number of rotatable bonds is 13. The summed E-state index contributed by atoms with van der Waals surface area (Å²) < 4.78 is 6.13. The summed E-state index contributed by atoms with van der Waals surface area (Å²) in [4.78, 5) is 35.1. The highest BCUT2D eigenvalue weighted by atomic mass is 16.5. The van der Waals surface area contributed by atoms with E-state index >= 15 is 0 Å². The lowest BCUT2D eigenvalue weighted by atomic mass is 9.76. The van der Waals surface area contributed by atoms with Crippen molar-refractivity contribution in [3.05, 3.63) is 42.5 Å². The van der Waals surface area contributed by atoms with Crippen molar-refractivity contribution in [2.45, 2.75) is 57.2 Å². The van der Waals surface area contributed by atoms with Crippen molar-refractivity contribution in [2.24, 2.45) is 11.8 Å². The molecule has 3 rings (SSSR count). The summed E-state index contributed by atoms with van der Waals surface area (Å²) >= 11 is 0. The van der Waals surface area contributed by atoms with Gasteiger partial charge in [-0.25, -0.2) is 4.79 Å². The smallest absolute Gasteiger partial charge is 0.319 e. The van der Waals surface area contributed by atoms with E-state index in [4.69, 9.17) is 9.84 Å². The third kappa shape index (κ3) is 7.98. The number of Topliss-reactive ketones (excluding diaryl/α,β-unsaturated/α-hetero) is 1. The maximum Gasteiger partial charge on any atom is 0.319 e. The van der Waals surface area contributed by atoms with Crippen LogP contribution >= 0.6 is 0 Å². The summed E-state index contributed by atoms with van der Waals surface area (Å²) in [6.45, 7) is 0.111. The molecule has 2 bridgehead atoms. The van der Waals surface area contributed by atoms with E-state index < -0.39 is 6.03 Å². The molecule has 33 heavy (non-hydrogen) atoms. The molecule has 0 radical (unpaired) electrons. The Balaban J connectivity index is 1.33. The second-order valence-electron chi connectivity index (χ2n) is 8.73. The summed E-state index contributed by atoms with van der Waals surface area (Å²) in [6.07, 6.45) is 10.8. The van der Waals surface area contributed by atoms with Crippen LogP contribution in [0.1, 0.15) is 44.9 Å². The fourth-order valence-electron chi connectivity index (χ4n) is 4.76. The van der Waals surface area contributed by atoms with Gasteiger partial charge >= 0.3 is 6.03 Å². The van der Waals surface area contributed by atoms with Gasteiger partial charge in [0, 0.05) is 18.7 Å². The molecule has 2 heterocycles. The third-order valence-electron chi connectivity index (χ3n) is 6.41. The van der Waals surface area contributed by atoms with E-state index in [-0.39, 0.29) is 30.9 Å². The molecule has 2 fully saturated rings. The number of allylic oxidation sites excluding steroid dienone is 2. The molecule has 2 aliphatic rings. The maximum atomic E-state index is 12.1. The minimum atomic E-state index is -0.412. The maximum absolute atomic E-state index is 12.1. The number of ketones is 1. The second kappa shape index (κ2) is 13.1. The van der Waals surface area contributed by atoms with E-state index in [0.717, 1.165) is 38.5 Å². The molecule has 180 valence electrons. The van der Waals surface area contributed by atoms with Crippen molar-refractivity contribution in [1.82, 2.24) is 10.6 Å². The number of hydrogen-bond donors (Lipinski definition) is 4. The van der Waals surface area contributed by atoms with Gasteiger partial charge in [-0.1, -0.05) is 30.4 Å². The van der Waals surface area contributed by atoms with E-state index in [1.54, 1.807) is 12.1 Å². The Morgan fingerprint density at radius 2 is 1.79 bits per heavy atom. The number of urea groups is 1. The van der Waals surface area contributed by atoms with Gasteiger partial charge in [-0.2, -0.15) is 0 Å². The Morgan fingerprint density at radius 3 is 2.55 bits per heavy atom. The van der Waals surface area contributed by atoms with Gasteiger partial charge in [0.1, 0.15) is 6.61 Å². The normalized spacial score (nSPS) is 23.5. The number of carbonyl (C=O) groups is 3. The van der Waals surface area contributed by atoms with Crippen molar-refractivity contribution < 1.29 is 24.2 Å². The molecule has 4 atom stereocenters. The highest BCUT2D eigenvalue weighted by molar-refractivity contribution is 5.92. The van der Waals surface area contributed by atoms with Gasteiger partial charge in [0.2, 0.25) is 5.91 Å². The van der Waals surface area contributed by atoms with Gasteiger partial charge < -0.3 is 25.8 Å². The van der Waals surface area contributed by atoms with Gasteiger partial charge in [0.25, 0.3) is 0 Å². The minimum absolute atomic E-state index is 0.0726. The molecule has 1 aromatic rings. The lowest BCUT2D eigenvalue weighted by Crippen LogP contribution is -2.40. The number of anilines is 1.